The van der Waals surface area contributed by atoms with Gasteiger partial charge in [0, 0.05) is 10.4 Å². The van der Waals surface area contributed by atoms with Crippen molar-refractivity contribution < 1.29 is 14.6 Å². The standard InChI is InChI=1S/C16H13NO3S2/c1-9-14(16(18)19)22-15(17-9)13-8-7-12(21-13)10-5-3-4-6-11(10)20-2/h3-8H,1-2H3,(H,18,19). The maximum absolute atomic E-state index is 11.1. The van der Waals surface area contributed by atoms with Crippen molar-refractivity contribution in [3.63, 3.8) is 0 Å². The number of hydrogen-bond acceptors (Lipinski definition) is 5. The first-order chi connectivity index (χ1) is 10.6. The normalized spacial score (nSPS) is 10.6. The quantitative estimate of drug-likeness (QED) is 0.761. The summed E-state index contributed by atoms with van der Waals surface area (Å²) >= 11 is 2.79. The van der Waals surface area contributed by atoms with E-state index in [-0.39, 0.29) is 0 Å². The smallest absolute Gasteiger partial charge is 0.347 e. The summed E-state index contributed by atoms with van der Waals surface area (Å²) in [5.41, 5.74) is 1.58. The molecule has 2 heterocycles. The molecule has 0 unspecified atom stereocenters. The lowest BCUT2D eigenvalue weighted by molar-refractivity contribution is 0.0701. The molecule has 0 aliphatic rings. The van der Waals surface area contributed by atoms with Crippen molar-refractivity contribution in [2.75, 3.05) is 7.11 Å². The predicted octanol–water partition coefficient (Wildman–Crippen LogP) is 4.55. The summed E-state index contributed by atoms with van der Waals surface area (Å²) in [7, 11) is 1.65. The monoisotopic (exact) mass is 331 g/mol. The molecular formula is C16H13NO3S2. The van der Waals surface area contributed by atoms with Crippen molar-refractivity contribution in [2.45, 2.75) is 6.92 Å². The van der Waals surface area contributed by atoms with Gasteiger partial charge in [-0.25, -0.2) is 9.78 Å². The molecule has 0 radical (unpaired) electrons. The second-order valence-corrected chi connectivity index (χ2v) is 6.69. The molecule has 0 saturated carbocycles. The van der Waals surface area contributed by atoms with E-state index in [1.165, 1.54) is 11.3 Å². The molecule has 0 atom stereocenters. The summed E-state index contributed by atoms with van der Waals surface area (Å²) in [6.07, 6.45) is 0. The number of carbonyl (C=O) groups is 1. The lowest BCUT2D eigenvalue weighted by Gasteiger charge is -2.05. The van der Waals surface area contributed by atoms with Crippen LogP contribution in [0, 0.1) is 6.92 Å². The molecule has 0 spiro atoms. The molecule has 0 fully saturated rings. The molecule has 4 nitrogen and oxygen atoms in total. The van der Waals surface area contributed by atoms with Crippen LogP contribution in [0.15, 0.2) is 36.4 Å². The van der Waals surface area contributed by atoms with Gasteiger partial charge in [-0.15, -0.1) is 22.7 Å². The molecule has 22 heavy (non-hydrogen) atoms. The number of carboxylic acids is 1. The molecule has 0 amide bonds. The molecule has 0 bridgehead atoms. The van der Waals surface area contributed by atoms with E-state index in [1.807, 2.05) is 36.4 Å². The van der Waals surface area contributed by atoms with Crippen LogP contribution in [0.3, 0.4) is 0 Å². The maximum Gasteiger partial charge on any atom is 0.347 e. The van der Waals surface area contributed by atoms with Crippen molar-refractivity contribution in [3.8, 4) is 26.1 Å². The number of aryl methyl sites for hydroxylation is 1. The minimum Gasteiger partial charge on any atom is -0.496 e. The van der Waals surface area contributed by atoms with Crippen molar-refractivity contribution in [1.82, 2.24) is 4.98 Å². The molecule has 3 aromatic rings. The number of carboxylic acid groups (broad SMARTS) is 1. The summed E-state index contributed by atoms with van der Waals surface area (Å²) in [6.45, 7) is 1.72. The van der Waals surface area contributed by atoms with Crippen LogP contribution in [0.1, 0.15) is 15.4 Å². The first-order valence-electron chi connectivity index (χ1n) is 6.54. The van der Waals surface area contributed by atoms with Gasteiger partial charge in [0.05, 0.1) is 17.7 Å². The number of hydrogen-bond donors (Lipinski definition) is 1. The number of methoxy groups -OCH3 is 1. The summed E-state index contributed by atoms with van der Waals surface area (Å²) in [6, 6.07) is 11.8. The fraction of sp³-hybridized carbons (Fsp3) is 0.125. The van der Waals surface area contributed by atoms with Crippen LogP contribution in [-0.2, 0) is 0 Å². The van der Waals surface area contributed by atoms with Gasteiger partial charge in [0.25, 0.3) is 0 Å². The summed E-state index contributed by atoms with van der Waals surface area (Å²) in [5.74, 6) is -0.111. The van der Waals surface area contributed by atoms with Crippen LogP contribution >= 0.6 is 22.7 Å². The third-order valence-electron chi connectivity index (χ3n) is 3.18. The Balaban J connectivity index is 2.01. The molecule has 112 valence electrons. The van der Waals surface area contributed by atoms with Gasteiger partial charge in [0.15, 0.2) is 0 Å². The van der Waals surface area contributed by atoms with Gasteiger partial charge >= 0.3 is 5.97 Å². The molecule has 0 aliphatic heterocycles. The highest BCUT2D eigenvalue weighted by atomic mass is 32.1. The summed E-state index contributed by atoms with van der Waals surface area (Å²) in [5, 5.41) is 9.87. The Bertz CT molecular complexity index is 836. The van der Waals surface area contributed by atoms with Gasteiger partial charge in [-0.05, 0) is 31.2 Å². The highest BCUT2D eigenvalue weighted by Crippen LogP contribution is 2.40. The van der Waals surface area contributed by atoms with Crippen molar-refractivity contribution in [1.29, 1.82) is 0 Å². The van der Waals surface area contributed by atoms with Crippen LogP contribution in [0.5, 0.6) is 5.75 Å². The molecule has 0 saturated heterocycles. The number of thiazole rings is 1. The van der Waals surface area contributed by atoms with Crippen LogP contribution in [0.2, 0.25) is 0 Å². The van der Waals surface area contributed by atoms with E-state index in [1.54, 1.807) is 25.4 Å². The van der Waals surface area contributed by atoms with E-state index in [9.17, 15) is 4.79 Å². The van der Waals surface area contributed by atoms with E-state index in [4.69, 9.17) is 9.84 Å². The lowest BCUT2D eigenvalue weighted by atomic mass is 10.1. The minimum absolute atomic E-state index is 0.294. The van der Waals surface area contributed by atoms with E-state index in [2.05, 4.69) is 4.98 Å². The van der Waals surface area contributed by atoms with Crippen LogP contribution in [0.25, 0.3) is 20.3 Å². The Hall–Kier alpha value is -2.18. The van der Waals surface area contributed by atoms with Gasteiger partial charge in [-0.3, -0.25) is 0 Å². The van der Waals surface area contributed by atoms with Gasteiger partial charge in [0.1, 0.15) is 15.6 Å². The first kappa shape index (κ1) is 14.7. The van der Waals surface area contributed by atoms with Crippen LogP contribution in [0.4, 0.5) is 0 Å². The van der Waals surface area contributed by atoms with Crippen molar-refractivity contribution in [2.24, 2.45) is 0 Å². The zero-order valence-electron chi connectivity index (χ0n) is 12.0. The molecule has 2 aromatic heterocycles. The van der Waals surface area contributed by atoms with E-state index < -0.39 is 5.97 Å². The SMILES string of the molecule is COc1ccccc1-c1ccc(-c2nc(C)c(C(=O)O)s2)s1. The second-order valence-electron chi connectivity index (χ2n) is 4.60. The average molecular weight is 331 g/mol. The maximum atomic E-state index is 11.1. The Morgan fingerprint density at radius 3 is 2.55 bits per heavy atom. The van der Waals surface area contributed by atoms with E-state index in [0.29, 0.717) is 10.6 Å². The van der Waals surface area contributed by atoms with Crippen molar-refractivity contribution in [3.05, 3.63) is 47.0 Å². The number of thiophene rings is 1. The fourth-order valence-electron chi connectivity index (χ4n) is 2.15. The number of aromatic carboxylic acids is 1. The summed E-state index contributed by atoms with van der Waals surface area (Å²) < 4.78 is 5.39. The Kier molecular flexibility index (Phi) is 3.96. The van der Waals surface area contributed by atoms with Crippen molar-refractivity contribution >= 4 is 28.6 Å². The second kappa shape index (κ2) is 5.90. The zero-order chi connectivity index (χ0) is 15.7. The number of nitrogens with zero attached hydrogens (tertiary/aromatic N) is 1. The minimum atomic E-state index is -0.928. The molecule has 3 rings (SSSR count). The Morgan fingerprint density at radius 2 is 1.86 bits per heavy atom. The summed E-state index contributed by atoms with van der Waals surface area (Å²) in [4.78, 5) is 17.8. The highest BCUT2D eigenvalue weighted by molar-refractivity contribution is 7.24. The van der Waals surface area contributed by atoms with Gasteiger partial charge in [-0.2, -0.15) is 0 Å². The zero-order valence-corrected chi connectivity index (χ0v) is 13.6. The van der Waals surface area contributed by atoms with Crippen LogP contribution < -0.4 is 4.74 Å². The lowest BCUT2D eigenvalue weighted by Crippen LogP contribution is -1.94. The number of rotatable bonds is 4. The van der Waals surface area contributed by atoms with E-state index >= 15 is 0 Å². The van der Waals surface area contributed by atoms with Gasteiger partial charge in [-0.1, -0.05) is 12.1 Å². The highest BCUT2D eigenvalue weighted by Gasteiger charge is 2.17. The fourth-order valence-corrected chi connectivity index (χ4v) is 4.14. The molecular weight excluding hydrogens is 318 g/mol. The Morgan fingerprint density at radius 1 is 1.14 bits per heavy atom. The number of aromatic nitrogens is 1. The predicted molar refractivity (Wildman–Crippen MR) is 89.1 cm³/mol. The molecule has 1 N–H and O–H groups in total. The molecule has 6 heteroatoms. The van der Waals surface area contributed by atoms with Gasteiger partial charge < -0.3 is 9.84 Å². The third-order valence-corrected chi connectivity index (χ3v) is 5.61. The first-order valence-corrected chi connectivity index (χ1v) is 8.17. The van der Waals surface area contributed by atoms with Gasteiger partial charge in [0.2, 0.25) is 0 Å². The number of benzene rings is 1. The molecule has 1 aromatic carbocycles. The number of para-hydroxylation sites is 1. The topological polar surface area (TPSA) is 59.4 Å². The number of ether oxygens (including phenoxy) is 1. The largest absolute Gasteiger partial charge is 0.496 e. The van der Waals surface area contributed by atoms with E-state index in [0.717, 1.165) is 26.1 Å². The van der Waals surface area contributed by atoms with Crippen LogP contribution in [-0.4, -0.2) is 23.2 Å². The molecule has 0 aliphatic carbocycles. The Labute approximate surface area is 135 Å². The third kappa shape index (κ3) is 2.63. The average Bonchev–Trinajstić information content (AvgIpc) is 3.13.